The van der Waals surface area contributed by atoms with Gasteiger partial charge in [-0.25, -0.2) is 9.69 Å². The summed E-state index contributed by atoms with van der Waals surface area (Å²) in [6.45, 7) is 0.248. The van der Waals surface area contributed by atoms with Crippen LogP contribution in [0, 0.1) is 0 Å². The molecule has 1 saturated heterocycles. The van der Waals surface area contributed by atoms with E-state index in [4.69, 9.17) is 25.8 Å². The zero-order valence-corrected chi connectivity index (χ0v) is 21.8. The molecule has 196 valence electrons. The summed E-state index contributed by atoms with van der Waals surface area (Å²) in [6.07, 6.45) is 1.35. The Morgan fingerprint density at radius 1 is 0.897 bits per heavy atom. The van der Waals surface area contributed by atoms with E-state index in [-0.39, 0.29) is 22.9 Å². The van der Waals surface area contributed by atoms with Crippen LogP contribution in [-0.2, 0) is 16.2 Å². The first kappa shape index (κ1) is 25.8. The Kier molecular flexibility index (Phi) is 7.21. The highest BCUT2D eigenvalue weighted by Crippen LogP contribution is 2.38. The fraction of sp³-hybridized carbons (Fsp3) is 0.100. The molecule has 0 unspecified atom stereocenters. The number of hydrogen-bond donors (Lipinski definition) is 1. The number of rotatable bonds is 7. The van der Waals surface area contributed by atoms with E-state index < -0.39 is 17.8 Å². The van der Waals surface area contributed by atoms with Crippen LogP contribution >= 0.6 is 11.6 Å². The molecule has 1 aliphatic rings. The third-order valence-corrected chi connectivity index (χ3v) is 6.53. The number of nitrogens with one attached hydrogen (secondary N) is 1. The molecule has 0 spiro atoms. The normalized spacial score (nSPS) is 14.5. The number of anilines is 1. The Labute approximate surface area is 229 Å². The Morgan fingerprint density at radius 3 is 2.38 bits per heavy atom. The molecule has 0 aromatic heterocycles. The van der Waals surface area contributed by atoms with E-state index in [1.54, 1.807) is 36.4 Å². The number of fused-ring (bicyclic) bond motifs is 1. The highest BCUT2D eigenvalue weighted by atomic mass is 35.5. The number of amides is 4. The number of benzene rings is 4. The number of hydrogen-bond acceptors (Lipinski definition) is 6. The van der Waals surface area contributed by atoms with Gasteiger partial charge in [0.2, 0.25) is 0 Å². The number of ether oxygens (including phenoxy) is 3. The Balaban J connectivity index is 1.43. The highest BCUT2D eigenvalue weighted by Gasteiger charge is 2.37. The van der Waals surface area contributed by atoms with Crippen LogP contribution in [0.2, 0.25) is 5.02 Å². The van der Waals surface area contributed by atoms with Gasteiger partial charge in [0.05, 0.1) is 24.9 Å². The van der Waals surface area contributed by atoms with Gasteiger partial charge >= 0.3 is 6.03 Å². The standard InChI is InChI=1S/C30H23ClN2O6/c1-37-22-12-10-21(11-13-22)33-29(35)24(28(34)32-30(33)36)14-18-15-25(31)27(26(16-18)38-2)39-17-20-8-5-7-19-6-3-4-9-23(19)20/h3-16H,17H2,1-2H3,(H,32,34,36)/b24-14-. The first-order valence-electron chi connectivity index (χ1n) is 11.9. The van der Waals surface area contributed by atoms with E-state index in [0.29, 0.717) is 22.8 Å². The monoisotopic (exact) mass is 542 g/mol. The molecule has 4 aromatic carbocycles. The largest absolute Gasteiger partial charge is 0.497 e. The average molecular weight is 543 g/mol. The van der Waals surface area contributed by atoms with Crippen LogP contribution in [0.3, 0.4) is 0 Å². The van der Waals surface area contributed by atoms with Crippen molar-refractivity contribution in [3.8, 4) is 17.2 Å². The Bertz CT molecular complexity index is 1630. The van der Waals surface area contributed by atoms with E-state index >= 15 is 0 Å². The predicted octanol–water partition coefficient (Wildman–Crippen LogP) is 5.76. The molecule has 4 amide bonds. The van der Waals surface area contributed by atoms with Crippen LogP contribution in [0.15, 0.2) is 84.4 Å². The lowest BCUT2D eigenvalue weighted by Gasteiger charge is -2.26. The molecule has 0 bridgehead atoms. The third-order valence-electron chi connectivity index (χ3n) is 6.25. The van der Waals surface area contributed by atoms with Gasteiger partial charge in [-0.3, -0.25) is 14.9 Å². The number of imide groups is 2. The molecule has 0 aliphatic carbocycles. The van der Waals surface area contributed by atoms with Crippen molar-refractivity contribution in [2.24, 2.45) is 0 Å². The van der Waals surface area contributed by atoms with Crippen molar-refractivity contribution in [3.05, 3.63) is 101 Å². The maximum Gasteiger partial charge on any atom is 0.335 e. The molecule has 1 heterocycles. The van der Waals surface area contributed by atoms with Crippen molar-refractivity contribution in [2.45, 2.75) is 6.61 Å². The fourth-order valence-electron chi connectivity index (χ4n) is 4.32. The second-order valence-corrected chi connectivity index (χ2v) is 9.02. The first-order valence-corrected chi connectivity index (χ1v) is 12.3. The molecular formula is C30H23ClN2O6. The smallest absolute Gasteiger partial charge is 0.335 e. The SMILES string of the molecule is COc1ccc(N2C(=O)NC(=O)/C(=C/c3cc(Cl)c(OCc4cccc5ccccc45)c(OC)c3)C2=O)cc1. The Morgan fingerprint density at radius 2 is 1.64 bits per heavy atom. The van der Waals surface area contributed by atoms with Crippen molar-refractivity contribution >= 4 is 52.0 Å². The van der Waals surface area contributed by atoms with Gasteiger partial charge in [0, 0.05) is 0 Å². The summed E-state index contributed by atoms with van der Waals surface area (Å²) in [5.41, 5.74) is 1.43. The van der Waals surface area contributed by atoms with E-state index in [1.807, 2.05) is 42.5 Å². The summed E-state index contributed by atoms with van der Waals surface area (Å²) >= 11 is 6.57. The molecule has 39 heavy (non-hydrogen) atoms. The molecule has 9 heteroatoms. The molecule has 1 fully saturated rings. The van der Waals surface area contributed by atoms with Crippen LogP contribution < -0.4 is 24.4 Å². The number of barbiturate groups is 1. The summed E-state index contributed by atoms with van der Waals surface area (Å²) < 4.78 is 16.7. The minimum absolute atomic E-state index is 0.230. The minimum Gasteiger partial charge on any atom is -0.497 e. The molecule has 1 N–H and O–H groups in total. The van der Waals surface area contributed by atoms with Gasteiger partial charge in [0.15, 0.2) is 11.5 Å². The number of carbonyl (C=O) groups excluding carboxylic acids is 3. The zero-order chi connectivity index (χ0) is 27.5. The van der Waals surface area contributed by atoms with E-state index in [0.717, 1.165) is 21.2 Å². The van der Waals surface area contributed by atoms with Crippen molar-refractivity contribution in [1.29, 1.82) is 0 Å². The third kappa shape index (κ3) is 5.15. The van der Waals surface area contributed by atoms with Crippen molar-refractivity contribution < 1.29 is 28.6 Å². The maximum atomic E-state index is 13.2. The van der Waals surface area contributed by atoms with Gasteiger partial charge in [-0.2, -0.15) is 0 Å². The molecule has 0 atom stereocenters. The van der Waals surface area contributed by atoms with Gasteiger partial charge < -0.3 is 14.2 Å². The summed E-state index contributed by atoms with van der Waals surface area (Å²) in [5, 5.41) is 4.59. The van der Waals surface area contributed by atoms with Crippen LogP contribution in [0.4, 0.5) is 10.5 Å². The average Bonchev–Trinajstić information content (AvgIpc) is 2.94. The summed E-state index contributed by atoms with van der Waals surface area (Å²) in [6, 6.07) is 22.6. The predicted molar refractivity (Wildman–Crippen MR) is 148 cm³/mol. The van der Waals surface area contributed by atoms with E-state index in [1.165, 1.54) is 20.3 Å². The number of methoxy groups -OCH3 is 2. The summed E-state index contributed by atoms with van der Waals surface area (Å²) in [4.78, 5) is 39.2. The van der Waals surface area contributed by atoms with Crippen molar-refractivity contribution in [3.63, 3.8) is 0 Å². The van der Waals surface area contributed by atoms with E-state index in [9.17, 15) is 14.4 Å². The van der Waals surface area contributed by atoms with Crippen molar-refractivity contribution in [1.82, 2.24) is 5.32 Å². The summed E-state index contributed by atoms with van der Waals surface area (Å²) in [5.74, 6) is -0.397. The molecule has 0 saturated carbocycles. The van der Waals surface area contributed by atoms with Crippen LogP contribution in [0.5, 0.6) is 17.2 Å². The topological polar surface area (TPSA) is 94.2 Å². The lowest BCUT2D eigenvalue weighted by molar-refractivity contribution is -0.122. The molecule has 8 nitrogen and oxygen atoms in total. The molecule has 4 aromatic rings. The number of carbonyl (C=O) groups is 3. The second-order valence-electron chi connectivity index (χ2n) is 8.62. The van der Waals surface area contributed by atoms with Crippen LogP contribution in [-0.4, -0.2) is 32.1 Å². The van der Waals surface area contributed by atoms with E-state index in [2.05, 4.69) is 5.32 Å². The fourth-order valence-corrected chi connectivity index (χ4v) is 4.60. The molecule has 5 rings (SSSR count). The van der Waals surface area contributed by atoms with Gasteiger partial charge in [0.25, 0.3) is 11.8 Å². The van der Waals surface area contributed by atoms with Crippen LogP contribution in [0.1, 0.15) is 11.1 Å². The quantitative estimate of drug-likeness (QED) is 0.236. The zero-order valence-electron chi connectivity index (χ0n) is 21.1. The number of halogens is 1. The molecule has 0 radical (unpaired) electrons. The molecular weight excluding hydrogens is 520 g/mol. The van der Waals surface area contributed by atoms with Gasteiger partial charge in [-0.1, -0.05) is 54.1 Å². The second kappa shape index (κ2) is 10.9. The minimum atomic E-state index is -0.847. The first-order chi connectivity index (χ1) is 18.9. The number of urea groups is 1. The summed E-state index contributed by atoms with van der Waals surface area (Å²) in [7, 11) is 2.97. The van der Waals surface area contributed by atoms with Gasteiger partial charge in [-0.15, -0.1) is 0 Å². The van der Waals surface area contributed by atoms with Gasteiger partial charge in [0.1, 0.15) is 17.9 Å². The molecule has 1 aliphatic heterocycles. The Hall–Kier alpha value is -4.82. The highest BCUT2D eigenvalue weighted by molar-refractivity contribution is 6.39. The lowest BCUT2D eigenvalue weighted by atomic mass is 10.1. The lowest BCUT2D eigenvalue weighted by Crippen LogP contribution is -2.54. The van der Waals surface area contributed by atoms with Crippen LogP contribution in [0.25, 0.3) is 16.8 Å². The van der Waals surface area contributed by atoms with Gasteiger partial charge in [-0.05, 0) is 64.4 Å². The number of nitrogens with zero attached hydrogens (tertiary/aromatic N) is 1. The maximum absolute atomic E-state index is 13.2. The van der Waals surface area contributed by atoms with Crippen molar-refractivity contribution in [2.75, 3.05) is 19.1 Å².